The van der Waals surface area contributed by atoms with E-state index in [9.17, 15) is 5.11 Å². The van der Waals surface area contributed by atoms with Crippen molar-refractivity contribution in [3.63, 3.8) is 0 Å². The minimum atomic E-state index is -0.482. The molecule has 3 rings (SSSR count). The predicted octanol–water partition coefficient (Wildman–Crippen LogP) is 2.69. The van der Waals surface area contributed by atoms with Gasteiger partial charge in [-0.3, -0.25) is 0 Å². The van der Waals surface area contributed by atoms with E-state index in [2.05, 4.69) is 21.4 Å². The smallest absolute Gasteiger partial charge is 0.115 e. The number of nitrogens with zero attached hydrogens (tertiary/aromatic N) is 2. The molecule has 0 saturated carbocycles. The maximum Gasteiger partial charge on any atom is 0.115 e. The number of rotatable bonds is 2. The maximum atomic E-state index is 10.4. The van der Waals surface area contributed by atoms with Crippen molar-refractivity contribution in [2.75, 3.05) is 0 Å². The van der Waals surface area contributed by atoms with Crippen LogP contribution < -0.4 is 0 Å². The molecule has 88 valence electrons. The molecule has 0 aliphatic heterocycles. The van der Waals surface area contributed by atoms with Gasteiger partial charge in [0.1, 0.15) is 6.33 Å². The highest BCUT2D eigenvalue weighted by Crippen LogP contribution is 2.41. The number of hydrogen-bond acceptors (Lipinski definition) is 4. The Balaban J connectivity index is 1.92. The van der Waals surface area contributed by atoms with Crippen LogP contribution in [0.4, 0.5) is 0 Å². The second-order valence-electron chi connectivity index (χ2n) is 4.41. The van der Waals surface area contributed by atoms with Crippen molar-refractivity contribution in [1.82, 2.24) is 9.97 Å². The lowest BCUT2D eigenvalue weighted by molar-refractivity contribution is 0.135. The van der Waals surface area contributed by atoms with Crippen LogP contribution in [0.15, 0.2) is 30.2 Å². The van der Waals surface area contributed by atoms with Crippen LogP contribution in [0.25, 0.3) is 0 Å². The van der Waals surface area contributed by atoms with E-state index in [1.54, 1.807) is 23.7 Å². The third-order valence-electron chi connectivity index (χ3n) is 3.40. The molecule has 1 aliphatic carbocycles. The highest BCUT2D eigenvalue weighted by Gasteiger charge is 2.28. The molecule has 17 heavy (non-hydrogen) atoms. The van der Waals surface area contributed by atoms with Gasteiger partial charge in [0, 0.05) is 28.8 Å². The lowest BCUT2D eigenvalue weighted by Crippen LogP contribution is -2.15. The molecule has 0 spiro atoms. The fourth-order valence-electron chi connectivity index (χ4n) is 2.55. The quantitative estimate of drug-likeness (QED) is 0.886. The summed E-state index contributed by atoms with van der Waals surface area (Å²) in [5, 5.41) is 12.6. The van der Waals surface area contributed by atoms with E-state index in [1.807, 2.05) is 0 Å². The number of aliphatic hydroxyl groups excluding tert-OH is 1. The van der Waals surface area contributed by atoms with E-state index in [4.69, 9.17) is 0 Å². The first-order valence-electron chi connectivity index (χ1n) is 5.85. The van der Waals surface area contributed by atoms with Gasteiger partial charge in [-0.05, 0) is 36.3 Å². The zero-order valence-electron chi connectivity index (χ0n) is 9.41. The van der Waals surface area contributed by atoms with Crippen LogP contribution in [0.5, 0.6) is 0 Å². The van der Waals surface area contributed by atoms with Crippen LogP contribution >= 0.6 is 11.3 Å². The first-order valence-corrected chi connectivity index (χ1v) is 6.73. The third kappa shape index (κ3) is 1.98. The molecule has 2 aromatic rings. The molecule has 0 bridgehead atoms. The van der Waals surface area contributed by atoms with Crippen LogP contribution in [0, 0.1) is 0 Å². The van der Waals surface area contributed by atoms with Gasteiger partial charge in [0.25, 0.3) is 0 Å². The Morgan fingerprint density at radius 1 is 1.35 bits per heavy atom. The molecule has 0 aromatic carbocycles. The topological polar surface area (TPSA) is 46.0 Å². The van der Waals surface area contributed by atoms with Crippen LogP contribution in [0.2, 0.25) is 0 Å². The van der Waals surface area contributed by atoms with E-state index >= 15 is 0 Å². The van der Waals surface area contributed by atoms with Crippen molar-refractivity contribution in [2.45, 2.75) is 31.3 Å². The summed E-state index contributed by atoms with van der Waals surface area (Å²) in [6, 6.07) is 2.15. The van der Waals surface area contributed by atoms with E-state index in [0.29, 0.717) is 0 Å². The van der Waals surface area contributed by atoms with Gasteiger partial charge in [0.05, 0.1) is 6.10 Å². The molecule has 1 aliphatic rings. The van der Waals surface area contributed by atoms with Gasteiger partial charge in [0.15, 0.2) is 0 Å². The molecule has 2 aromatic heterocycles. The van der Waals surface area contributed by atoms with Crippen molar-refractivity contribution in [1.29, 1.82) is 0 Å². The summed E-state index contributed by atoms with van der Waals surface area (Å²) < 4.78 is 0. The number of aryl methyl sites for hydroxylation is 1. The summed E-state index contributed by atoms with van der Waals surface area (Å²) in [6.07, 6.45) is 7.78. The largest absolute Gasteiger partial charge is 0.388 e. The Bertz CT molecular complexity index is 497. The van der Waals surface area contributed by atoms with Gasteiger partial charge >= 0.3 is 0 Å². The molecule has 4 heteroatoms. The van der Waals surface area contributed by atoms with Crippen LogP contribution in [-0.2, 0) is 6.42 Å². The second-order valence-corrected chi connectivity index (χ2v) is 5.42. The Labute approximate surface area is 104 Å². The predicted molar refractivity (Wildman–Crippen MR) is 67.0 cm³/mol. The highest BCUT2D eigenvalue weighted by molar-refractivity contribution is 7.10. The van der Waals surface area contributed by atoms with Gasteiger partial charge in [-0.1, -0.05) is 0 Å². The van der Waals surface area contributed by atoms with E-state index < -0.39 is 6.10 Å². The molecule has 0 fully saturated rings. The first kappa shape index (κ1) is 10.9. The van der Waals surface area contributed by atoms with Gasteiger partial charge in [0.2, 0.25) is 0 Å². The second kappa shape index (κ2) is 4.55. The van der Waals surface area contributed by atoms with Crippen LogP contribution in [0.1, 0.15) is 40.9 Å². The average Bonchev–Trinajstić information content (AvgIpc) is 2.87. The van der Waals surface area contributed by atoms with Gasteiger partial charge in [-0.15, -0.1) is 11.3 Å². The van der Waals surface area contributed by atoms with Crippen LogP contribution in [-0.4, -0.2) is 15.1 Å². The zero-order valence-corrected chi connectivity index (χ0v) is 10.2. The molecule has 1 N–H and O–H groups in total. The number of aliphatic hydroxyl groups is 1. The fraction of sp³-hybridized carbons (Fsp3) is 0.385. The van der Waals surface area contributed by atoms with Crippen molar-refractivity contribution in [3.8, 4) is 0 Å². The molecule has 2 atom stereocenters. The Kier molecular flexibility index (Phi) is 2.91. The van der Waals surface area contributed by atoms with Gasteiger partial charge < -0.3 is 5.11 Å². The Hall–Kier alpha value is -1.26. The van der Waals surface area contributed by atoms with Crippen LogP contribution in [0.3, 0.4) is 0 Å². The van der Waals surface area contributed by atoms with Crippen molar-refractivity contribution in [2.24, 2.45) is 0 Å². The summed E-state index contributed by atoms with van der Waals surface area (Å²) in [5.74, 6) is 0.205. The number of hydrogen-bond donors (Lipinski definition) is 1. The molecular formula is C13H14N2OS. The summed E-state index contributed by atoms with van der Waals surface area (Å²) in [6.45, 7) is 0. The zero-order chi connectivity index (χ0) is 11.7. The SMILES string of the molecule is OC(c1cncnc1)C1CCCc2sccc21. The van der Waals surface area contributed by atoms with E-state index in [1.165, 1.54) is 16.8 Å². The maximum absolute atomic E-state index is 10.4. The molecule has 2 unspecified atom stereocenters. The lowest BCUT2D eigenvalue weighted by Gasteiger charge is -2.27. The third-order valence-corrected chi connectivity index (χ3v) is 4.40. The van der Waals surface area contributed by atoms with E-state index in [-0.39, 0.29) is 5.92 Å². The number of thiophene rings is 1. The van der Waals surface area contributed by atoms with E-state index in [0.717, 1.165) is 24.8 Å². The van der Waals surface area contributed by atoms with Crippen molar-refractivity contribution < 1.29 is 5.11 Å². The summed E-state index contributed by atoms with van der Waals surface area (Å²) >= 11 is 1.80. The number of aromatic nitrogens is 2. The minimum Gasteiger partial charge on any atom is -0.388 e. The molecule has 0 amide bonds. The molecule has 2 heterocycles. The minimum absolute atomic E-state index is 0.205. The molecule has 3 nitrogen and oxygen atoms in total. The lowest BCUT2D eigenvalue weighted by atomic mass is 9.82. The Morgan fingerprint density at radius 2 is 2.18 bits per heavy atom. The standard InChI is InChI=1S/C13H14N2OS/c16-13(9-6-14-8-15-7-9)11-2-1-3-12-10(11)4-5-17-12/h4-8,11,13,16H,1-3H2. The highest BCUT2D eigenvalue weighted by atomic mass is 32.1. The summed E-state index contributed by atoms with van der Waals surface area (Å²) in [7, 11) is 0. The normalized spacial score (nSPS) is 20.9. The van der Waals surface area contributed by atoms with Crippen molar-refractivity contribution in [3.05, 3.63) is 46.2 Å². The first-order chi connectivity index (χ1) is 8.36. The van der Waals surface area contributed by atoms with Crippen molar-refractivity contribution >= 4 is 11.3 Å². The fourth-order valence-corrected chi connectivity index (χ4v) is 3.54. The Morgan fingerprint density at radius 3 is 3.00 bits per heavy atom. The number of fused-ring (bicyclic) bond motifs is 1. The molecule has 0 saturated heterocycles. The molecule has 0 radical (unpaired) electrons. The van der Waals surface area contributed by atoms with Gasteiger partial charge in [-0.25, -0.2) is 9.97 Å². The molecular weight excluding hydrogens is 232 g/mol. The monoisotopic (exact) mass is 246 g/mol. The average molecular weight is 246 g/mol. The summed E-state index contributed by atoms with van der Waals surface area (Å²) in [5.41, 5.74) is 2.13. The van der Waals surface area contributed by atoms with Gasteiger partial charge in [-0.2, -0.15) is 0 Å². The summed E-state index contributed by atoms with van der Waals surface area (Å²) in [4.78, 5) is 9.38.